The van der Waals surface area contributed by atoms with Gasteiger partial charge < -0.3 is 5.11 Å². The zero-order chi connectivity index (χ0) is 13.5. The highest BCUT2D eigenvalue weighted by Gasteiger charge is 2.04. The van der Waals surface area contributed by atoms with Crippen LogP contribution in [0.3, 0.4) is 0 Å². The Kier molecular flexibility index (Phi) is 4.51. The summed E-state index contributed by atoms with van der Waals surface area (Å²) in [6.45, 7) is 0. The van der Waals surface area contributed by atoms with Gasteiger partial charge in [-0.3, -0.25) is 4.79 Å². The summed E-state index contributed by atoms with van der Waals surface area (Å²) in [7, 11) is 0. The van der Waals surface area contributed by atoms with Crippen LogP contribution in [0.4, 0.5) is 0 Å². The van der Waals surface area contributed by atoms with E-state index < -0.39 is 5.97 Å². The summed E-state index contributed by atoms with van der Waals surface area (Å²) in [5.41, 5.74) is 3.31. The Morgan fingerprint density at radius 3 is 1.79 bits per heavy atom. The quantitative estimate of drug-likeness (QED) is 0.873. The van der Waals surface area contributed by atoms with Crippen LogP contribution in [0, 0.1) is 0 Å². The molecule has 0 amide bonds. The number of allylic oxidation sites excluding steroid dienone is 1. The first-order valence-corrected chi connectivity index (χ1v) is 6.30. The Morgan fingerprint density at radius 2 is 1.37 bits per heavy atom. The molecule has 0 heterocycles. The van der Waals surface area contributed by atoms with Crippen LogP contribution in [0.1, 0.15) is 24.0 Å². The van der Waals surface area contributed by atoms with Gasteiger partial charge in [-0.15, -0.1) is 0 Å². The van der Waals surface area contributed by atoms with Crippen molar-refractivity contribution in [2.24, 2.45) is 0 Å². The van der Waals surface area contributed by atoms with Gasteiger partial charge in [-0.25, -0.2) is 0 Å². The minimum Gasteiger partial charge on any atom is -0.481 e. The smallest absolute Gasteiger partial charge is 0.303 e. The second-order valence-corrected chi connectivity index (χ2v) is 4.28. The van der Waals surface area contributed by atoms with Gasteiger partial charge in [0.25, 0.3) is 0 Å². The van der Waals surface area contributed by atoms with Crippen molar-refractivity contribution in [3.05, 3.63) is 77.9 Å². The molecule has 0 saturated carbocycles. The molecule has 0 atom stereocenters. The normalized spacial score (nSPS) is 9.89. The number of hydrogen-bond acceptors (Lipinski definition) is 1. The maximum Gasteiger partial charge on any atom is 0.303 e. The summed E-state index contributed by atoms with van der Waals surface area (Å²) in [6, 6.07) is 20.1. The van der Waals surface area contributed by atoms with Crippen molar-refractivity contribution >= 4 is 11.5 Å². The molecule has 19 heavy (non-hydrogen) atoms. The van der Waals surface area contributed by atoms with Crippen molar-refractivity contribution in [1.29, 1.82) is 0 Å². The van der Waals surface area contributed by atoms with Crippen LogP contribution in [0.5, 0.6) is 0 Å². The Bertz CT molecular complexity index is 515. The summed E-state index contributed by atoms with van der Waals surface area (Å²) < 4.78 is 0. The molecule has 2 heteroatoms. The molecule has 0 aliphatic rings. The van der Waals surface area contributed by atoms with E-state index in [-0.39, 0.29) is 6.42 Å². The monoisotopic (exact) mass is 252 g/mol. The lowest BCUT2D eigenvalue weighted by molar-refractivity contribution is -0.136. The van der Waals surface area contributed by atoms with Gasteiger partial charge >= 0.3 is 5.97 Å². The largest absolute Gasteiger partial charge is 0.481 e. The fourth-order valence-corrected chi connectivity index (χ4v) is 1.98. The predicted octanol–water partition coefficient (Wildman–Crippen LogP) is 3.98. The molecule has 0 bridgehead atoms. The molecule has 2 aromatic carbocycles. The number of carboxylic acid groups (broad SMARTS) is 1. The van der Waals surface area contributed by atoms with E-state index in [9.17, 15) is 4.79 Å². The molecule has 2 nitrogen and oxygen atoms in total. The average Bonchev–Trinajstić information content (AvgIpc) is 2.45. The van der Waals surface area contributed by atoms with Gasteiger partial charge in [0.1, 0.15) is 0 Å². The molecule has 0 radical (unpaired) electrons. The molecule has 0 spiro atoms. The zero-order valence-electron chi connectivity index (χ0n) is 10.6. The second kappa shape index (κ2) is 6.55. The maximum absolute atomic E-state index is 10.6. The second-order valence-electron chi connectivity index (χ2n) is 4.28. The van der Waals surface area contributed by atoms with Crippen LogP contribution in [-0.4, -0.2) is 11.1 Å². The lowest BCUT2D eigenvalue weighted by Gasteiger charge is -2.08. The van der Waals surface area contributed by atoms with Crippen molar-refractivity contribution in [2.45, 2.75) is 12.8 Å². The SMILES string of the molecule is O=C(O)CCC=C(c1ccccc1)c1ccccc1. The van der Waals surface area contributed by atoms with E-state index in [2.05, 4.69) is 0 Å². The molecule has 1 N–H and O–H groups in total. The Labute approximate surface area is 113 Å². The first-order valence-electron chi connectivity index (χ1n) is 6.30. The van der Waals surface area contributed by atoms with E-state index in [1.165, 1.54) is 0 Å². The fraction of sp³-hybridized carbons (Fsp3) is 0.118. The Morgan fingerprint density at radius 1 is 0.895 bits per heavy atom. The lowest BCUT2D eigenvalue weighted by Crippen LogP contribution is -1.93. The molecule has 2 aromatic rings. The Hall–Kier alpha value is -2.35. The number of carbonyl (C=O) groups is 1. The van der Waals surface area contributed by atoms with Gasteiger partial charge in [-0.1, -0.05) is 66.7 Å². The van der Waals surface area contributed by atoms with Gasteiger partial charge in [-0.2, -0.15) is 0 Å². The van der Waals surface area contributed by atoms with Crippen molar-refractivity contribution in [3.63, 3.8) is 0 Å². The summed E-state index contributed by atoms with van der Waals surface area (Å²) in [6.07, 6.45) is 2.69. The highest BCUT2D eigenvalue weighted by atomic mass is 16.4. The molecule has 0 saturated heterocycles. The van der Waals surface area contributed by atoms with Gasteiger partial charge in [0.15, 0.2) is 0 Å². The third-order valence-corrected chi connectivity index (χ3v) is 2.88. The van der Waals surface area contributed by atoms with Crippen LogP contribution in [0.15, 0.2) is 66.7 Å². The fourth-order valence-electron chi connectivity index (χ4n) is 1.98. The predicted molar refractivity (Wildman–Crippen MR) is 76.8 cm³/mol. The molecule has 2 rings (SSSR count). The molecular weight excluding hydrogens is 236 g/mol. The number of aliphatic carboxylic acids is 1. The average molecular weight is 252 g/mol. The number of hydrogen-bond donors (Lipinski definition) is 1. The molecule has 96 valence electrons. The van der Waals surface area contributed by atoms with Gasteiger partial charge in [0.05, 0.1) is 0 Å². The van der Waals surface area contributed by atoms with Crippen molar-refractivity contribution in [1.82, 2.24) is 0 Å². The van der Waals surface area contributed by atoms with Gasteiger partial charge in [0.2, 0.25) is 0 Å². The van der Waals surface area contributed by atoms with E-state index in [1.807, 2.05) is 66.7 Å². The van der Waals surface area contributed by atoms with Crippen molar-refractivity contribution < 1.29 is 9.90 Å². The number of benzene rings is 2. The minimum atomic E-state index is -0.767. The van der Waals surface area contributed by atoms with Crippen LogP contribution in [0.25, 0.3) is 5.57 Å². The van der Waals surface area contributed by atoms with E-state index in [0.29, 0.717) is 6.42 Å². The molecular formula is C17H16O2. The third kappa shape index (κ3) is 3.81. The number of rotatable bonds is 5. The van der Waals surface area contributed by atoms with Crippen LogP contribution in [-0.2, 0) is 4.79 Å². The van der Waals surface area contributed by atoms with Crippen LogP contribution < -0.4 is 0 Å². The molecule has 0 aliphatic heterocycles. The first kappa shape index (κ1) is 13.1. The van der Waals surface area contributed by atoms with E-state index in [4.69, 9.17) is 5.11 Å². The topological polar surface area (TPSA) is 37.3 Å². The van der Waals surface area contributed by atoms with E-state index in [0.717, 1.165) is 16.7 Å². The molecule has 0 aliphatic carbocycles. The summed E-state index contributed by atoms with van der Waals surface area (Å²) >= 11 is 0. The molecule has 0 unspecified atom stereocenters. The van der Waals surface area contributed by atoms with Crippen LogP contribution in [0.2, 0.25) is 0 Å². The Balaban J connectivity index is 2.31. The van der Waals surface area contributed by atoms with Crippen molar-refractivity contribution in [3.8, 4) is 0 Å². The summed E-state index contributed by atoms with van der Waals surface area (Å²) in [4.78, 5) is 10.6. The van der Waals surface area contributed by atoms with E-state index in [1.54, 1.807) is 0 Å². The summed E-state index contributed by atoms with van der Waals surface area (Å²) in [5, 5.41) is 8.74. The molecule has 0 aromatic heterocycles. The first-order chi connectivity index (χ1) is 9.27. The van der Waals surface area contributed by atoms with Gasteiger partial charge in [0, 0.05) is 6.42 Å². The highest BCUT2D eigenvalue weighted by Crippen LogP contribution is 2.23. The third-order valence-electron chi connectivity index (χ3n) is 2.88. The van der Waals surface area contributed by atoms with Gasteiger partial charge in [-0.05, 0) is 23.1 Å². The van der Waals surface area contributed by atoms with Crippen LogP contribution >= 0.6 is 0 Å². The molecule has 0 fully saturated rings. The zero-order valence-corrected chi connectivity index (χ0v) is 10.6. The van der Waals surface area contributed by atoms with E-state index >= 15 is 0 Å². The summed E-state index contributed by atoms with van der Waals surface area (Å²) in [5.74, 6) is -0.767. The van der Waals surface area contributed by atoms with Crippen molar-refractivity contribution in [2.75, 3.05) is 0 Å². The maximum atomic E-state index is 10.6. The minimum absolute atomic E-state index is 0.156. The standard InChI is InChI=1S/C17H16O2/c18-17(19)13-7-12-16(14-8-3-1-4-9-14)15-10-5-2-6-11-15/h1-6,8-12H,7,13H2,(H,18,19). The highest BCUT2D eigenvalue weighted by molar-refractivity contribution is 5.80. The number of carboxylic acids is 1. The lowest BCUT2D eigenvalue weighted by atomic mass is 9.96.